The Morgan fingerprint density at radius 3 is 2.47 bits per heavy atom. The van der Waals surface area contributed by atoms with E-state index in [1.54, 1.807) is 0 Å². The average molecular weight is 234 g/mol. The standard InChI is InChI=1S/C10H22N2O2S/c1-10(9-12-6-3-4-7-12)11-5-8-15(2,13)14/h10-11H,3-9H2,1-2H3. The van der Waals surface area contributed by atoms with E-state index in [0.717, 1.165) is 6.54 Å². The second-order valence-corrected chi connectivity index (χ2v) is 6.75. The average Bonchev–Trinajstić information content (AvgIpc) is 2.54. The molecule has 1 heterocycles. The van der Waals surface area contributed by atoms with Crippen molar-refractivity contribution in [1.82, 2.24) is 10.2 Å². The van der Waals surface area contributed by atoms with E-state index in [9.17, 15) is 8.42 Å². The molecule has 0 amide bonds. The largest absolute Gasteiger partial charge is 0.312 e. The Morgan fingerprint density at radius 1 is 1.33 bits per heavy atom. The van der Waals surface area contributed by atoms with Crippen LogP contribution in [0, 0.1) is 0 Å². The molecule has 1 rings (SSSR count). The van der Waals surface area contributed by atoms with Crippen molar-refractivity contribution in [2.45, 2.75) is 25.8 Å². The van der Waals surface area contributed by atoms with Gasteiger partial charge in [-0.15, -0.1) is 0 Å². The van der Waals surface area contributed by atoms with Crippen molar-refractivity contribution < 1.29 is 8.42 Å². The van der Waals surface area contributed by atoms with Gasteiger partial charge >= 0.3 is 0 Å². The fourth-order valence-corrected chi connectivity index (χ4v) is 2.40. The van der Waals surface area contributed by atoms with Crippen LogP contribution in [-0.4, -0.2) is 57.5 Å². The molecular formula is C10H22N2O2S. The molecule has 1 fully saturated rings. The van der Waals surface area contributed by atoms with Crippen molar-refractivity contribution in [1.29, 1.82) is 0 Å². The Morgan fingerprint density at radius 2 is 1.93 bits per heavy atom. The first-order valence-corrected chi connectivity index (χ1v) is 7.67. The fourth-order valence-electron chi connectivity index (χ4n) is 1.91. The van der Waals surface area contributed by atoms with E-state index in [0.29, 0.717) is 12.6 Å². The van der Waals surface area contributed by atoms with Crippen molar-refractivity contribution in [3.63, 3.8) is 0 Å². The van der Waals surface area contributed by atoms with Crippen LogP contribution >= 0.6 is 0 Å². The molecule has 1 aliphatic rings. The molecule has 15 heavy (non-hydrogen) atoms. The molecule has 0 saturated carbocycles. The normalized spacial score (nSPS) is 20.7. The molecule has 0 aliphatic carbocycles. The van der Waals surface area contributed by atoms with E-state index < -0.39 is 9.84 Å². The maximum Gasteiger partial charge on any atom is 0.148 e. The van der Waals surface area contributed by atoms with Gasteiger partial charge in [-0.05, 0) is 32.9 Å². The Balaban J connectivity index is 2.10. The molecule has 1 atom stereocenters. The molecule has 1 N–H and O–H groups in total. The lowest BCUT2D eigenvalue weighted by Gasteiger charge is -2.20. The highest BCUT2D eigenvalue weighted by atomic mass is 32.2. The fraction of sp³-hybridized carbons (Fsp3) is 1.00. The summed E-state index contributed by atoms with van der Waals surface area (Å²) in [7, 11) is -2.82. The van der Waals surface area contributed by atoms with Crippen LogP contribution in [-0.2, 0) is 9.84 Å². The summed E-state index contributed by atoms with van der Waals surface area (Å²) >= 11 is 0. The third-order valence-corrected chi connectivity index (χ3v) is 3.64. The maximum absolute atomic E-state index is 10.9. The molecule has 90 valence electrons. The molecule has 0 aromatic rings. The predicted molar refractivity (Wildman–Crippen MR) is 62.8 cm³/mol. The lowest BCUT2D eigenvalue weighted by molar-refractivity contribution is 0.301. The minimum absolute atomic E-state index is 0.233. The van der Waals surface area contributed by atoms with Crippen molar-refractivity contribution >= 4 is 9.84 Å². The first-order chi connectivity index (χ1) is 6.97. The van der Waals surface area contributed by atoms with Gasteiger partial charge in [-0.25, -0.2) is 8.42 Å². The molecular weight excluding hydrogens is 212 g/mol. The number of likely N-dealkylation sites (tertiary alicyclic amines) is 1. The summed E-state index contributed by atoms with van der Waals surface area (Å²) in [4.78, 5) is 2.43. The Kier molecular flexibility index (Phi) is 5.02. The van der Waals surface area contributed by atoms with E-state index in [2.05, 4.69) is 17.1 Å². The Hall–Kier alpha value is -0.130. The summed E-state index contributed by atoms with van der Waals surface area (Å²) in [6.45, 7) is 6.09. The Bertz CT molecular complexity index is 271. The molecule has 0 spiro atoms. The second-order valence-electron chi connectivity index (χ2n) is 4.49. The first-order valence-electron chi connectivity index (χ1n) is 5.61. The zero-order valence-electron chi connectivity index (χ0n) is 9.70. The summed E-state index contributed by atoms with van der Waals surface area (Å²) < 4.78 is 21.8. The molecule has 1 unspecified atom stereocenters. The molecule has 1 saturated heterocycles. The van der Waals surface area contributed by atoms with E-state index in [4.69, 9.17) is 0 Å². The van der Waals surface area contributed by atoms with E-state index in [-0.39, 0.29) is 5.75 Å². The number of nitrogens with one attached hydrogen (secondary N) is 1. The van der Waals surface area contributed by atoms with Gasteiger partial charge in [0, 0.05) is 25.4 Å². The number of sulfone groups is 1. The first kappa shape index (κ1) is 12.9. The Labute approximate surface area is 93.0 Å². The van der Waals surface area contributed by atoms with E-state index in [1.165, 1.54) is 32.2 Å². The van der Waals surface area contributed by atoms with Gasteiger partial charge in [0.25, 0.3) is 0 Å². The number of hydrogen-bond donors (Lipinski definition) is 1. The highest BCUT2D eigenvalue weighted by molar-refractivity contribution is 7.90. The molecule has 1 aliphatic heterocycles. The lowest BCUT2D eigenvalue weighted by Crippen LogP contribution is -2.39. The van der Waals surface area contributed by atoms with E-state index >= 15 is 0 Å². The SMILES string of the molecule is CC(CN1CCCC1)NCCS(C)(=O)=O. The van der Waals surface area contributed by atoms with Gasteiger partial charge in [0.05, 0.1) is 5.75 Å². The van der Waals surface area contributed by atoms with Crippen molar-refractivity contribution in [3.05, 3.63) is 0 Å². The van der Waals surface area contributed by atoms with Crippen molar-refractivity contribution in [2.75, 3.05) is 38.2 Å². The van der Waals surface area contributed by atoms with Gasteiger partial charge < -0.3 is 10.2 Å². The van der Waals surface area contributed by atoms with Gasteiger partial charge in [0.1, 0.15) is 9.84 Å². The number of hydrogen-bond acceptors (Lipinski definition) is 4. The summed E-state index contributed by atoms with van der Waals surface area (Å²) in [5.41, 5.74) is 0. The number of rotatable bonds is 6. The summed E-state index contributed by atoms with van der Waals surface area (Å²) in [5, 5.41) is 3.25. The van der Waals surface area contributed by atoms with Crippen LogP contribution in [0.2, 0.25) is 0 Å². The molecule has 0 aromatic carbocycles. The smallest absolute Gasteiger partial charge is 0.148 e. The molecule has 0 bridgehead atoms. The molecule has 5 heteroatoms. The highest BCUT2D eigenvalue weighted by Gasteiger charge is 2.14. The third kappa shape index (κ3) is 6.12. The summed E-state index contributed by atoms with van der Waals surface area (Å²) in [6, 6.07) is 0.379. The third-order valence-electron chi connectivity index (χ3n) is 2.70. The minimum atomic E-state index is -2.82. The molecule has 0 aromatic heterocycles. The topological polar surface area (TPSA) is 49.4 Å². The lowest BCUT2D eigenvalue weighted by atomic mass is 10.3. The van der Waals surface area contributed by atoms with Gasteiger partial charge in [-0.3, -0.25) is 0 Å². The maximum atomic E-state index is 10.9. The van der Waals surface area contributed by atoms with E-state index in [1.807, 2.05) is 0 Å². The van der Waals surface area contributed by atoms with Crippen molar-refractivity contribution in [3.8, 4) is 0 Å². The van der Waals surface area contributed by atoms with Crippen LogP contribution in [0.3, 0.4) is 0 Å². The van der Waals surface area contributed by atoms with Crippen LogP contribution in [0.5, 0.6) is 0 Å². The minimum Gasteiger partial charge on any atom is -0.312 e. The van der Waals surface area contributed by atoms with Crippen molar-refractivity contribution in [2.24, 2.45) is 0 Å². The van der Waals surface area contributed by atoms with Crippen LogP contribution in [0.25, 0.3) is 0 Å². The van der Waals surface area contributed by atoms with Gasteiger partial charge in [0.2, 0.25) is 0 Å². The van der Waals surface area contributed by atoms with Gasteiger partial charge in [0.15, 0.2) is 0 Å². The van der Waals surface area contributed by atoms with Crippen LogP contribution < -0.4 is 5.32 Å². The van der Waals surface area contributed by atoms with Crippen LogP contribution in [0.15, 0.2) is 0 Å². The second kappa shape index (κ2) is 5.82. The molecule has 0 radical (unpaired) electrons. The van der Waals surface area contributed by atoms with Crippen LogP contribution in [0.1, 0.15) is 19.8 Å². The monoisotopic (exact) mass is 234 g/mol. The highest BCUT2D eigenvalue weighted by Crippen LogP contribution is 2.07. The zero-order valence-corrected chi connectivity index (χ0v) is 10.5. The zero-order chi connectivity index (χ0) is 11.3. The summed E-state index contributed by atoms with van der Waals surface area (Å²) in [5.74, 6) is 0.233. The van der Waals surface area contributed by atoms with Crippen LogP contribution in [0.4, 0.5) is 0 Å². The summed E-state index contributed by atoms with van der Waals surface area (Å²) in [6.07, 6.45) is 3.88. The predicted octanol–water partition coefficient (Wildman–Crippen LogP) is 0.105. The van der Waals surface area contributed by atoms with Gasteiger partial charge in [-0.1, -0.05) is 0 Å². The van der Waals surface area contributed by atoms with Gasteiger partial charge in [-0.2, -0.15) is 0 Å². The quantitative estimate of drug-likeness (QED) is 0.708. The molecule has 4 nitrogen and oxygen atoms in total. The number of nitrogens with zero attached hydrogens (tertiary/aromatic N) is 1.